The summed E-state index contributed by atoms with van der Waals surface area (Å²) in [6, 6.07) is 0. The van der Waals surface area contributed by atoms with E-state index in [4.69, 9.17) is 5.11 Å². The zero-order chi connectivity index (χ0) is 6.12. The number of hydrogen-bond acceptors (Lipinski definition) is 1. The quantitative estimate of drug-likeness (QED) is 0.602. The van der Waals surface area contributed by atoms with Crippen LogP contribution in [0.2, 0.25) is 0 Å². The number of allylic oxidation sites excluding steroid dienone is 1. The lowest BCUT2D eigenvalue weighted by atomic mass is 10.7. The lowest BCUT2D eigenvalue weighted by Gasteiger charge is -1.60. The summed E-state index contributed by atoms with van der Waals surface area (Å²) in [4.78, 5) is 0. The van der Waals surface area contributed by atoms with Gasteiger partial charge >= 0.3 is 0 Å². The molecule has 0 radical (unpaired) electrons. The highest BCUT2D eigenvalue weighted by atomic mass is 35.5. The molecule has 0 fully saturated rings. The SMILES string of the molecule is C=CC.C=CCO.Cl.Cl. The molecule has 0 aromatic heterocycles. The predicted octanol–water partition coefficient (Wildman–Crippen LogP) is 2.20. The fourth-order valence-electron chi connectivity index (χ4n) is 0. The van der Waals surface area contributed by atoms with E-state index in [-0.39, 0.29) is 31.4 Å². The molecule has 0 saturated carbocycles. The van der Waals surface area contributed by atoms with Crippen LogP contribution in [0.1, 0.15) is 6.92 Å². The average molecular weight is 173 g/mol. The Morgan fingerprint density at radius 2 is 1.44 bits per heavy atom. The maximum atomic E-state index is 7.76. The van der Waals surface area contributed by atoms with Gasteiger partial charge in [-0.25, -0.2) is 0 Å². The zero-order valence-corrected chi connectivity index (χ0v) is 7.17. The van der Waals surface area contributed by atoms with Crippen LogP contribution in [0.5, 0.6) is 0 Å². The summed E-state index contributed by atoms with van der Waals surface area (Å²) >= 11 is 0. The molecule has 0 unspecified atom stereocenters. The second-order valence-corrected chi connectivity index (χ2v) is 0.879. The Bertz CT molecular complexity index is 46.3. The number of halogens is 2. The first-order valence-electron chi connectivity index (χ1n) is 2.12. The molecule has 0 atom stereocenters. The van der Waals surface area contributed by atoms with Crippen molar-refractivity contribution in [3.05, 3.63) is 25.3 Å². The highest BCUT2D eigenvalue weighted by Gasteiger charge is 1.45. The van der Waals surface area contributed by atoms with Crippen molar-refractivity contribution in [2.75, 3.05) is 6.61 Å². The fraction of sp³-hybridized carbons (Fsp3) is 0.333. The van der Waals surface area contributed by atoms with E-state index in [2.05, 4.69) is 13.2 Å². The highest BCUT2D eigenvalue weighted by Crippen LogP contribution is 1.46. The molecule has 9 heavy (non-hydrogen) atoms. The molecule has 0 aromatic carbocycles. The van der Waals surface area contributed by atoms with Crippen molar-refractivity contribution in [1.29, 1.82) is 0 Å². The second kappa shape index (κ2) is 43.3. The first kappa shape index (κ1) is 23.0. The highest BCUT2D eigenvalue weighted by molar-refractivity contribution is 5.85. The topological polar surface area (TPSA) is 20.2 Å². The normalized spacial score (nSPS) is 4.22. The summed E-state index contributed by atoms with van der Waals surface area (Å²) in [6.07, 6.45) is 3.18. The predicted molar refractivity (Wildman–Crippen MR) is 47.6 cm³/mol. The average Bonchev–Trinajstić information content (AvgIpc) is 1.69. The van der Waals surface area contributed by atoms with E-state index in [0.29, 0.717) is 0 Å². The Labute approximate surface area is 69.3 Å². The Hall–Kier alpha value is 0.0200. The van der Waals surface area contributed by atoms with Crippen LogP contribution in [0.4, 0.5) is 0 Å². The first-order valence-corrected chi connectivity index (χ1v) is 2.12. The van der Waals surface area contributed by atoms with Crippen molar-refractivity contribution >= 4 is 24.8 Å². The zero-order valence-electron chi connectivity index (χ0n) is 5.54. The Balaban J connectivity index is -0.0000000233. The van der Waals surface area contributed by atoms with Crippen molar-refractivity contribution in [3.8, 4) is 0 Å². The number of aliphatic hydroxyl groups is 1. The summed E-state index contributed by atoms with van der Waals surface area (Å²) in [5, 5.41) is 7.76. The van der Waals surface area contributed by atoms with E-state index >= 15 is 0 Å². The van der Waals surface area contributed by atoms with E-state index in [0.717, 1.165) is 0 Å². The van der Waals surface area contributed by atoms with Crippen LogP contribution < -0.4 is 0 Å². The summed E-state index contributed by atoms with van der Waals surface area (Å²) in [6.45, 7) is 8.56. The molecule has 0 rings (SSSR count). The van der Waals surface area contributed by atoms with Gasteiger partial charge in [0, 0.05) is 0 Å². The van der Waals surface area contributed by atoms with Crippen molar-refractivity contribution in [2.45, 2.75) is 6.92 Å². The van der Waals surface area contributed by atoms with Crippen LogP contribution in [0.15, 0.2) is 25.3 Å². The van der Waals surface area contributed by atoms with Gasteiger partial charge in [-0.3, -0.25) is 0 Å². The molecule has 58 valence electrons. The van der Waals surface area contributed by atoms with E-state index in [1.54, 1.807) is 6.08 Å². The van der Waals surface area contributed by atoms with Crippen LogP contribution in [0, 0.1) is 0 Å². The molecule has 0 aliphatic rings. The number of hydrogen-bond donors (Lipinski definition) is 1. The molecular weight excluding hydrogens is 159 g/mol. The number of rotatable bonds is 1. The van der Waals surface area contributed by atoms with Gasteiger partial charge in [0.15, 0.2) is 0 Å². The Kier molecular flexibility index (Phi) is 111. The molecular formula is C6H14Cl2O. The standard InChI is InChI=1S/C3H6O.C3H6.2ClH/c1-2-3-4;1-3-2;;/h2,4H,1,3H2;3H,1H2,2H3;2*1H. The van der Waals surface area contributed by atoms with Gasteiger partial charge in [0.1, 0.15) is 0 Å². The molecule has 0 saturated heterocycles. The van der Waals surface area contributed by atoms with Gasteiger partial charge in [-0.15, -0.1) is 38.0 Å². The molecule has 0 bridgehead atoms. The summed E-state index contributed by atoms with van der Waals surface area (Å²) in [5.41, 5.74) is 0. The van der Waals surface area contributed by atoms with Crippen molar-refractivity contribution in [2.24, 2.45) is 0 Å². The third kappa shape index (κ3) is 279. The lowest BCUT2D eigenvalue weighted by Crippen LogP contribution is -1.62. The summed E-state index contributed by atoms with van der Waals surface area (Å²) in [7, 11) is 0. The van der Waals surface area contributed by atoms with Crippen LogP contribution >= 0.6 is 24.8 Å². The van der Waals surface area contributed by atoms with Gasteiger partial charge in [0.2, 0.25) is 0 Å². The molecule has 0 amide bonds. The molecule has 0 spiro atoms. The van der Waals surface area contributed by atoms with Crippen LogP contribution in [0.25, 0.3) is 0 Å². The molecule has 1 nitrogen and oxygen atoms in total. The third-order valence-electron chi connectivity index (χ3n) is 0.129. The van der Waals surface area contributed by atoms with Crippen LogP contribution in [-0.2, 0) is 0 Å². The minimum absolute atomic E-state index is 0. The molecule has 0 heterocycles. The maximum Gasteiger partial charge on any atom is 0.0609 e. The molecule has 0 aliphatic heterocycles. The van der Waals surface area contributed by atoms with Crippen molar-refractivity contribution in [3.63, 3.8) is 0 Å². The van der Waals surface area contributed by atoms with Crippen molar-refractivity contribution < 1.29 is 5.11 Å². The maximum absolute atomic E-state index is 7.76. The third-order valence-corrected chi connectivity index (χ3v) is 0.129. The second-order valence-electron chi connectivity index (χ2n) is 0.879. The van der Waals surface area contributed by atoms with E-state index in [1.165, 1.54) is 6.08 Å². The van der Waals surface area contributed by atoms with Crippen molar-refractivity contribution in [1.82, 2.24) is 0 Å². The van der Waals surface area contributed by atoms with Gasteiger partial charge in [0.05, 0.1) is 6.61 Å². The smallest absolute Gasteiger partial charge is 0.0609 e. The minimum atomic E-state index is 0. The van der Waals surface area contributed by atoms with E-state index in [9.17, 15) is 0 Å². The molecule has 3 heteroatoms. The van der Waals surface area contributed by atoms with Gasteiger partial charge in [0.25, 0.3) is 0 Å². The number of aliphatic hydroxyl groups excluding tert-OH is 1. The van der Waals surface area contributed by atoms with Crippen LogP contribution in [-0.4, -0.2) is 11.7 Å². The van der Waals surface area contributed by atoms with E-state index < -0.39 is 0 Å². The largest absolute Gasteiger partial charge is 0.392 e. The summed E-state index contributed by atoms with van der Waals surface area (Å²) in [5.74, 6) is 0. The summed E-state index contributed by atoms with van der Waals surface area (Å²) < 4.78 is 0. The van der Waals surface area contributed by atoms with Gasteiger partial charge < -0.3 is 5.11 Å². The van der Waals surface area contributed by atoms with Gasteiger partial charge in [-0.05, 0) is 6.92 Å². The monoisotopic (exact) mass is 172 g/mol. The Morgan fingerprint density at radius 1 is 1.33 bits per heavy atom. The Morgan fingerprint density at radius 3 is 1.44 bits per heavy atom. The molecule has 0 aliphatic carbocycles. The van der Waals surface area contributed by atoms with E-state index in [1.807, 2.05) is 6.92 Å². The molecule has 0 aromatic rings. The molecule has 1 N–H and O–H groups in total. The fourth-order valence-corrected chi connectivity index (χ4v) is 0. The van der Waals surface area contributed by atoms with Crippen LogP contribution in [0.3, 0.4) is 0 Å². The first-order chi connectivity index (χ1) is 3.33. The minimum Gasteiger partial charge on any atom is -0.392 e. The van der Waals surface area contributed by atoms with Gasteiger partial charge in [-0.2, -0.15) is 0 Å². The lowest BCUT2D eigenvalue weighted by molar-refractivity contribution is 0.343. The van der Waals surface area contributed by atoms with Gasteiger partial charge in [-0.1, -0.05) is 12.2 Å².